The van der Waals surface area contributed by atoms with Crippen molar-refractivity contribution < 1.29 is 9.47 Å². The number of nitrogens with one attached hydrogen (secondary N) is 1. The summed E-state index contributed by atoms with van der Waals surface area (Å²) in [6.07, 6.45) is 6.53. The van der Waals surface area contributed by atoms with Gasteiger partial charge in [0.05, 0.1) is 13.2 Å². The summed E-state index contributed by atoms with van der Waals surface area (Å²) in [4.78, 5) is 2.72. The molecule has 1 N–H and O–H groups in total. The molecule has 124 valence electrons. The highest BCUT2D eigenvalue weighted by Crippen LogP contribution is 2.41. The van der Waals surface area contributed by atoms with Gasteiger partial charge < -0.3 is 14.8 Å². The lowest BCUT2D eigenvalue weighted by molar-refractivity contribution is 0.0432. The molecule has 2 atom stereocenters. The molecular weight excluding hydrogens is 264 g/mol. The van der Waals surface area contributed by atoms with E-state index in [2.05, 4.69) is 24.1 Å². The van der Waals surface area contributed by atoms with Crippen molar-refractivity contribution in [2.45, 2.75) is 57.5 Å². The molecular formula is C17H34N2O2. The number of methoxy groups -OCH3 is 1. The van der Waals surface area contributed by atoms with Gasteiger partial charge in [-0.05, 0) is 38.5 Å². The number of hydrogen-bond donors (Lipinski definition) is 1. The quantitative estimate of drug-likeness (QED) is 0.627. The SMILES string of the molecule is CCCC1CNC(C)(C2CC2)CN1CCCOCCOC. The van der Waals surface area contributed by atoms with Gasteiger partial charge in [0.1, 0.15) is 0 Å². The van der Waals surface area contributed by atoms with Crippen LogP contribution in [0.15, 0.2) is 0 Å². The third-order valence-electron chi connectivity index (χ3n) is 5.06. The van der Waals surface area contributed by atoms with Crippen LogP contribution >= 0.6 is 0 Å². The van der Waals surface area contributed by atoms with E-state index in [4.69, 9.17) is 9.47 Å². The maximum Gasteiger partial charge on any atom is 0.0700 e. The Bertz CT molecular complexity index is 297. The molecule has 4 nitrogen and oxygen atoms in total. The second-order valence-corrected chi connectivity index (χ2v) is 6.94. The van der Waals surface area contributed by atoms with Crippen LogP contribution in [0.25, 0.3) is 0 Å². The van der Waals surface area contributed by atoms with Crippen molar-refractivity contribution in [2.75, 3.05) is 46.6 Å². The summed E-state index contributed by atoms with van der Waals surface area (Å²) >= 11 is 0. The van der Waals surface area contributed by atoms with E-state index >= 15 is 0 Å². The molecule has 0 aromatic rings. The van der Waals surface area contributed by atoms with Crippen molar-refractivity contribution in [3.05, 3.63) is 0 Å². The second kappa shape index (κ2) is 8.47. The van der Waals surface area contributed by atoms with E-state index in [-0.39, 0.29) is 0 Å². The highest BCUT2D eigenvalue weighted by atomic mass is 16.5. The molecule has 1 aliphatic carbocycles. The molecule has 2 unspecified atom stereocenters. The summed E-state index contributed by atoms with van der Waals surface area (Å²) in [5, 5.41) is 3.85. The van der Waals surface area contributed by atoms with Gasteiger partial charge >= 0.3 is 0 Å². The standard InChI is InChI=1S/C17H34N2O2/c1-4-6-16-13-18-17(2,15-7-8-15)14-19(16)9-5-10-21-12-11-20-3/h15-16,18H,4-14H2,1-3H3. The van der Waals surface area contributed by atoms with Gasteiger partial charge in [0.15, 0.2) is 0 Å². The Morgan fingerprint density at radius 1 is 1.24 bits per heavy atom. The highest BCUT2D eigenvalue weighted by Gasteiger charge is 2.45. The van der Waals surface area contributed by atoms with Gasteiger partial charge in [-0.2, -0.15) is 0 Å². The normalized spacial score (nSPS) is 30.7. The average molecular weight is 298 g/mol. The summed E-state index contributed by atoms with van der Waals surface area (Å²) in [5.41, 5.74) is 0.348. The van der Waals surface area contributed by atoms with Gasteiger partial charge in [-0.3, -0.25) is 4.90 Å². The van der Waals surface area contributed by atoms with Crippen LogP contribution in [-0.4, -0.2) is 63.0 Å². The van der Waals surface area contributed by atoms with Crippen LogP contribution in [0.1, 0.15) is 46.0 Å². The van der Waals surface area contributed by atoms with Crippen LogP contribution in [-0.2, 0) is 9.47 Å². The van der Waals surface area contributed by atoms with Gasteiger partial charge in [0.25, 0.3) is 0 Å². The predicted molar refractivity (Wildman–Crippen MR) is 86.7 cm³/mol. The van der Waals surface area contributed by atoms with Crippen molar-refractivity contribution in [3.63, 3.8) is 0 Å². The van der Waals surface area contributed by atoms with Crippen molar-refractivity contribution in [3.8, 4) is 0 Å². The van der Waals surface area contributed by atoms with Crippen LogP contribution in [0.2, 0.25) is 0 Å². The van der Waals surface area contributed by atoms with Crippen LogP contribution in [0.4, 0.5) is 0 Å². The van der Waals surface area contributed by atoms with Crippen molar-refractivity contribution >= 4 is 0 Å². The highest BCUT2D eigenvalue weighted by molar-refractivity contribution is 5.03. The maximum atomic E-state index is 5.60. The van der Waals surface area contributed by atoms with E-state index in [1.54, 1.807) is 7.11 Å². The van der Waals surface area contributed by atoms with Gasteiger partial charge in [0.2, 0.25) is 0 Å². The lowest BCUT2D eigenvalue weighted by Crippen LogP contribution is -2.64. The Labute approximate surface area is 130 Å². The second-order valence-electron chi connectivity index (χ2n) is 6.94. The fraction of sp³-hybridized carbons (Fsp3) is 1.00. The van der Waals surface area contributed by atoms with E-state index in [0.29, 0.717) is 18.2 Å². The average Bonchev–Trinajstić information content (AvgIpc) is 3.31. The summed E-state index contributed by atoms with van der Waals surface area (Å²) in [6.45, 7) is 10.5. The van der Waals surface area contributed by atoms with E-state index in [1.165, 1.54) is 38.8 Å². The molecule has 4 heteroatoms. The first-order valence-electron chi connectivity index (χ1n) is 8.75. The fourth-order valence-electron chi connectivity index (χ4n) is 3.57. The molecule has 0 bridgehead atoms. The Morgan fingerprint density at radius 3 is 2.71 bits per heavy atom. The molecule has 2 fully saturated rings. The molecule has 1 saturated carbocycles. The van der Waals surface area contributed by atoms with Crippen LogP contribution in [0.5, 0.6) is 0 Å². The number of ether oxygens (including phenoxy) is 2. The van der Waals surface area contributed by atoms with Crippen LogP contribution in [0.3, 0.4) is 0 Å². The Balaban J connectivity index is 1.74. The van der Waals surface area contributed by atoms with E-state index < -0.39 is 0 Å². The molecule has 1 saturated heterocycles. The van der Waals surface area contributed by atoms with Crippen LogP contribution in [0, 0.1) is 5.92 Å². The molecule has 21 heavy (non-hydrogen) atoms. The molecule has 2 aliphatic rings. The smallest absolute Gasteiger partial charge is 0.0700 e. The molecule has 0 spiro atoms. The summed E-state index contributed by atoms with van der Waals surface area (Å²) < 4.78 is 10.6. The largest absolute Gasteiger partial charge is 0.382 e. The van der Waals surface area contributed by atoms with E-state index in [0.717, 1.165) is 32.1 Å². The minimum Gasteiger partial charge on any atom is -0.382 e. The zero-order valence-electron chi connectivity index (χ0n) is 14.2. The fourth-order valence-corrected chi connectivity index (χ4v) is 3.57. The third kappa shape index (κ3) is 5.20. The monoisotopic (exact) mass is 298 g/mol. The van der Waals surface area contributed by atoms with Crippen molar-refractivity contribution in [1.29, 1.82) is 0 Å². The maximum absolute atomic E-state index is 5.60. The molecule has 0 aromatic heterocycles. The Morgan fingerprint density at radius 2 is 2.05 bits per heavy atom. The molecule has 1 heterocycles. The Hall–Kier alpha value is -0.160. The van der Waals surface area contributed by atoms with Crippen molar-refractivity contribution in [2.24, 2.45) is 5.92 Å². The summed E-state index contributed by atoms with van der Waals surface area (Å²) in [6, 6.07) is 0.709. The number of hydrogen-bond acceptors (Lipinski definition) is 4. The first-order valence-corrected chi connectivity index (χ1v) is 8.75. The third-order valence-corrected chi connectivity index (χ3v) is 5.06. The molecule has 0 aromatic carbocycles. The Kier molecular flexibility index (Phi) is 6.93. The minimum atomic E-state index is 0.348. The summed E-state index contributed by atoms with van der Waals surface area (Å²) in [7, 11) is 1.72. The molecule has 0 radical (unpaired) electrons. The number of nitrogens with zero attached hydrogens (tertiary/aromatic N) is 1. The first-order chi connectivity index (χ1) is 10.2. The minimum absolute atomic E-state index is 0.348. The zero-order chi connectivity index (χ0) is 15.1. The molecule has 1 aliphatic heterocycles. The molecule has 2 rings (SSSR count). The van der Waals surface area contributed by atoms with Gasteiger partial charge in [0, 0.05) is 44.9 Å². The predicted octanol–water partition coefficient (Wildman–Crippen LogP) is 2.28. The lowest BCUT2D eigenvalue weighted by atomic mass is 9.90. The zero-order valence-corrected chi connectivity index (χ0v) is 14.2. The van der Waals surface area contributed by atoms with Gasteiger partial charge in [-0.25, -0.2) is 0 Å². The van der Waals surface area contributed by atoms with E-state index in [9.17, 15) is 0 Å². The number of piperazine rings is 1. The van der Waals surface area contributed by atoms with Crippen LogP contribution < -0.4 is 5.32 Å². The van der Waals surface area contributed by atoms with Gasteiger partial charge in [-0.1, -0.05) is 13.3 Å². The lowest BCUT2D eigenvalue weighted by Gasteiger charge is -2.47. The topological polar surface area (TPSA) is 33.7 Å². The van der Waals surface area contributed by atoms with E-state index in [1.807, 2.05) is 0 Å². The van der Waals surface area contributed by atoms with Crippen molar-refractivity contribution in [1.82, 2.24) is 10.2 Å². The van der Waals surface area contributed by atoms with Gasteiger partial charge in [-0.15, -0.1) is 0 Å². The first kappa shape index (κ1) is 17.2. The molecule has 0 amide bonds. The number of rotatable bonds is 10. The summed E-state index contributed by atoms with van der Waals surface area (Å²) in [5.74, 6) is 0.903.